The molecule has 0 aromatic heterocycles. The second kappa shape index (κ2) is 7.58. The summed E-state index contributed by atoms with van der Waals surface area (Å²) in [7, 11) is 2.23. The minimum Gasteiger partial charge on any atom is -0.348 e. The molecule has 0 aromatic carbocycles. The summed E-state index contributed by atoms with van der Waals surface area (Å²) in [6.45, 7) is 8.27. The fourth-order valence-electron chi connectivity index (χ4n) is 3.15. The van der Waals surface area contributed by atoms with Crippen molar-refractivity contribution in [2.75, 3.05) is 46.4 Å². The summed E-state index contributed by atoms with van der Waals surface area (Å²) in [4.78, 5) is 2.44. The molecule has 1 aliphatic carbocycles. The molecule has 0 radical (unpaired) electrons. The van der Waals surface area contributed by atoms with Gasteiger partial charge in [-0.1, -0.05) is 6.92 Å². The van der Waals surface area contributed by atoms with E-state index in [1.807, 2.05) is 0 Å². The van der Waals surface area contributed by atoms with E-state index in [2.05, 4.69) is 24.2 Å². The molecule has 2 aliphatic rings. The predicted octanol–water partition coefficient (Wildman–Crippen LogP) is 1.85. The van der Waals surface area contributed by atoms with Gasteiger partial charge in [-0.05, 0) is 45.3 Å². The highest BCUT2D eigenvalue weighted by Crippen LogP contribution is 2.39. The van der Waals surface area contributed by atoms with Crippen molar-refractivity contribution in [1.29, 1.82) is 0 Å². The van der Waals surface area contributed by atoms with Gasteiger partial charge in [-0.15, -0.1) is 0 Å². The summed E-state index contributed by atoms with van der Waals surface area (Å²) in [6.07, 6.45) is 6.04. The number of hydrogen-bond donors (Lipinski definition) is 1. The third kappa shape index (κ3) is 4.71. The van der Waals surface area contributed by atoms with Gasteiger partial charge in [-0.2, -0.15) is 0 Å². The molecule has 1 saturated carbocycles. The van der Waals surface area contributed by atoms with Crippen LogP contribution in [0.4, 0.5) is 0 Å². The van der Waals surface area contributed by atoms with Crippen LogP contribution in [0.5, 0.6) is 0 Å². The van der Waals surface area contributed by atoms with Crippen LogP contribution in [0.15, 0.2) is 0 Å². The molecule has 0 atom stereocenters. The summed E-state index contributed by atoms with van der Waals surface area (Å²) >= 11 is 0. The molecule has 1 aliphatic heterocycles. The van der Waals surface area contributed by atoms with Crippen LogP contribution in [0.2, 0.25) is 0 Å². The Labute approximate surface area is 117 Å². The maximum absolute atomic E-state index is 5.78. The largest absolute Gasteiger partial charge is 0.348 e. The normalized spacial score (nSPS) is 23.5. The monoisotopic (exact) mass is 270 g/mol. The maximum Gasteiger partial charge on any atom is 0.168 e. The number of nitrogens with zero attached hydrogens (tertiary/aromatic N) is 1. The summed E-state index contributed by atoms with van der Waals surface area (Å²) in [6, 6.07) is 0. The third-order valence-corrected chi connectivity index (χ3v) is 4.52. The fraction of sp³-hybridized carbons (Fsp3) is 1.00. The zero-order valence-electron chi connectivity index (χ0n) is 12.6. The minimum atomic E-state index is -0.187. The summed E-state index contributed by atoms with van der Waals surface area (Å²) in [5.74, 6) is 0.674. The third-order valence-electron chi connectivity index (χ3n) is 4.52. The molecule has 1 saturated heterocycles. The Morgan fingerprint density at radius 2 is 1.84 bits per heavy atom. The van der Waals surface area contributed by atoms with Crippen LogP contribution >= 0.6 is 0 Å². The van der Waals surface area contributed by atoms with Crippen LogP contribution in [0.1, 0.15) is 39.0 Å². The van der Waals surface area contributed by atoms with Crippen molar-refractivity contribution < 1.29 is 9.47 Å². The Balaban J connectivity index is 1.57. The number of rotatable bonds is 7. The molecule has 19 heavy (non-hydrogen) atoms. The van der Waals surface area contributed by atoms with Crippen LogP contribution in [0.25, 0.3) is 0 Å². The van der Waals surface area contributed by atoms with Crippen LogP contribution in [0.3, 0.4) is 0 Å². The molecule has 4 heteroatoms. The van der Waals surface area contributed by atoms with Gasteiger partial charge in [0.2, 0.25) is 0 Å². The molecular formula is C15H30N2O2. The topological polar surface area (TPSA) is 33.7 Å². The molecule has 4 nitrogen and oxygen atoms in total. The van der Waals surface area contributed by atoms with E-state index in [0.29, 0.717) is 0 Å². The Morgan fingerprint density at radius 1 is 1.16 bits per heavy atom. The van der Waals surface area contributed by atoms with E-state index in [9.17, 15) is 0 Å². The van der Waals surface area contributed by atoms with Gasteiger partial charge < -0.3 is 19.7 Å². The summed E-state index contributed by atoms with van der Waals surface area (Å²) in [5.41, 5.74) is 0. The molecule has 2 fully saturated rings. The Bertz CT molecular complexity index is 245. The molecular weight excluding hydrogens is 240 g/mol. The molecule has 1 N–H and O–H groups in total. The van der Waals surface area contributed by atoms with Crippen LogP contribution in [0, 0.1) is 5.92 Å². The standard InChI is InChI=1S/C15H30N2O2/c1-3-16-9-11-17(2)10-6-14-4-7-15(8-5-14)18-12-13-19-15/h14,16H,3-13H2,1-2H3. The van der Waals surface area contributed by atoms with Gasteiger partial charge in [0.15, 0.2) is 5.79 Å². The average Bonchev–Trinajstić information content (AvgIpc) is 2.87. The second-order valence-electron chi connectivity index (χ2n) is 6.00. The first-order valence-corrected chi connectivity index (χ1v) is 7.91. The Morgan fingerprint density at radius 3 is 2.47 bits per heavy atom. The first-order valence-electron chi connectivity index (χ1n) is 7.91. The summed E-state index contributed by atoms with van der Waals surface area (Å²) < 4.78 is 11.6. The van der Waals surface area contributed by atoms with E-state index < -0.39 is 0 Å². The lowest BCUT2D eigenvalue weighted by Crippen LogP contribution is -2.36. The van der Waals surface area contributed by atoms with E-state index >= 15 is 0 Å². The van der Waals surface area contributed by atoms with Crippen molar-refractivity contribution in [2.45, 2.75) is 44.8 Å². The lowest BCUT2D eigenvalue weighted by Gasteiger charge is -2.35. The smallest absolute Gasteiger partial charge is 0.168 e. The van der Waals surface area contributed by atoms with Crippen molar-refractivity contribution >= 4 is 0 Å². The fourth-order valence-corrected chi connectivity index (χ4v) is 3.15. The van der Waals surface area contributed by atoms with Crippen molar-refractivity contribution in [2.24, 2.45) is 5.92 Å². The first kappa shape index (κ1) is 15.2. The highest BCUT2D eigenvalue weighted by molar-refractivity contribution is 4.82. The molecule has 0 unspecified atom stereocenters. The van der Waals surface area contributed by atoms with Gasteiger partial charge in [0.25, 0.3) is 0 Å². The lowest BCUT2D eigenvalue weighted by atomic mass is 9.83. The van der Waals surface area contributed by atoms with E-state index in [1.54, 1.807) is 0 Å². The zero-order chi connectivity index (χ0) is 13.6. The SMILES string of the molecule is CCNCCN(C)CCC1CCC2(CC1)OCCO2. The van der Waals surface area contributed by atoms with E-state index in [4.69, 9.17) is 9.47 Å². The van der Waals surface area contributed by atoms with Gasteiger partial charge in [-0.25, -0.2) is 0 Å². The number of likely N-dealkylation sites (N-methyl/N-ethyl adjacent to an activating group) is 2. The lowest BCUT2D eigenvalue weighted by molar-refractivity contribution is -0.182. The van der Waals surface area contributed by atoms with Gasteiger partial charge >= 0.3 is 0 Å². The first-order chi connectivity index (χ1) is 9.24. The van der Waals surface area contributed by atoms with E-state index in [0.717, 1.165) is 51.6 Å². The quantitative estimate of drug-likeness (QED) is 0.716. The van der Waals surface area contributed by atoms with E-state index in [1.165, 1.54) is 25.8 Å². The molecule has 2 rings (SSSR count). The molecule has 1 heterocycles. The zero-order valence-corrected chi connectivity index (χ0v) is 12.6. The van der Waals surface area contributed by atoms with Crippen molar-refractivity contribution in [3.8, 4) is 0 Å². The highest BCUT2D eigenvalue weighted by Gasteiger charge is 2.39. The average molecular weight is 270 g/mol. The van der Waals surface area contributed by atoms with E-state index in [-0.39, 0.29) is 5.79 Å². The molecule has 1 spiro atoms. The van der Waals surface area contributed by atoms with Crippen molar-refractivity contribution in [1.82, 2.24) is 10.2 Å². The summed E-state index contributed by atoms with van der Waals surface area (Å²) in [5, 5.41) is 3.38. The minimum absolute atomic E-state index is 0.187. The van der Waals surface area contributed by atoms with Crippen LogP contribution in [-0.4, -0.2) is 57.1 Å². The van der Waals surface area contributed by atoms with Gasteiger partial charge in [-0.3, -0.25) is 0 Å². The van der Waals surface area contributed by atoms with Crippen molar-refractivity contribution in [3.63, 3.8) is 0 Å². The molecule has 112 valence electrons. The van der Waals surface area contributed by atoms with Gasteiger partial charge in [0, 0.05) is 25.9 Å². The van der Waals surface area contributed by atoms with Crippen molar-refractivity contribution in [3.05, 3.63) is 0 Å². The number of nitrogens with one attached hydrogen (secondary N) is 1. The maximum atomic E-state index is 5.78. The number of hydrogen-bond acceptors (Lipinski definition) is 4. The second-order valence-corrected chi connectivity index (χ2v) is 6.00. The number of ether oxygens (including phenoxy) is 2. The molecule has 0 aromatic rings. The molecule has 0 bridgehead atoms. The Hall–Kier alpha value is -0.160. The Kier molecular flexibility index (Phi) is 6.07. The highest BCUT2D eigenvalue weighted by atomic mass is 16.7. The predicted molar refractivity (Wildman–Crippen MR) is 77.3 cm³/mol. The molecule has 0 amide bonds. The van der Waals surface area contributed by atoms with Gasteiger partial charge in [0.1, 0.15) is 0 Å². The van der Waals surface area contributed by atoms with Crippen LogP contribution in [-0.2, 0) is 9.47 Å². The van der Waals surface area contributed by atoms with Crippen LogP contribution < -0.4 is 5.32 Å². The van der Waals surface area contributed by atoms with Gasteiger partial charge in [0.05, 0.1) is 13.2 Å².